The lowest BCUT2D eigenvalue weighted by Gasteiger charge is -2.18. The van der Waals surface area contributed by atoms with Crippen molar-refractivity contribution in [3.8, 4) is 0 Å². The number of hydrogen-bond donors (Lipinski definition) is 0. The maximum atomic E-state index is 12.3. The SMILES string of the molecule is CN(Cc1ccccc1Br)C(=O)COC(=O)c1ccc(CN2C(=O)CCC2=O)cc1. The highest BCUT2D eigenvalue weighted by atomic mass is 79.9. The zero-order valence-electron chi connectivity index (χ0n) is 16.5. The molecule has 1 fully saturated rings. The normalized spacial score (nSPS) is 13.5. The minimum absolute atomic E-state index is 0.186. The smallest absolute Gasteiger partial charge is 0.338 e. The summed E-state index contributed by atoms with van der Waals surface area (Å²) in [5.74, 6) is -1.30. The lowest BCUT2D eigenvalue weighted by molar-refractivity contribution is -0.139. The number of amides is 3. The molecule has 2 aromatic rings. The predicted octanol–water partition coefficient (Wildman–Crippen LogP) is 2.91. The summed E-state index contributed by atoms with van der Waals surface area (Å²) in [4.78, 5) is 50.6. The number of likely N-dealkylation sites (tertiary alicyclic amines) is 1. The van der Waals surface area contributed by atoms with Crippen LogP contribution in [-0.2, 0) is 32.2 Å². The third-order valence-electron chi connectivity index (χ3n) is 4.80. The molecule has 0 N–H and O–H groups in total. The number of esters is 1. The van der Waals surface area contributed by atoms with E-state index < -0.39 is 5.97 Å². The number of carbonyl (C=O) groups is 4. The molecule has 156 valence electrons. The average Bonchev–Trinajstić information content (AvgIpc) is 3.06. The fraction of sp³-hybridized carbons (Fsp3) is 0.273. The lowest BCUT2D eigenvalue weighted by atomic mass is 10.1. The second-order valence-electron chi connectivity index (χ2n) is 6.99. The van der Waals surface area contributed by atoms with E-state index in [-0.39, 0.29) is 43.7 Å². The summed E-state index contributed by atoms with van der Waals surface area (Å²) < 4.78 is 6.03. The summed E-state index contributed by atoms with van der Waals surface area (Å²) in [5.41, 5.74) is 1.98. The van der Waals surface area contributed by atoms with Gasteiger partial charge in [-0.25, -0.2) is 4.79 Å². The van der Waals surface area contributed by atoms with E-state index in [0.29, 0.717) is 12.1 Å². The quantitative estimate of drug-likeness (QED) is 0.456. The van der Waals surface area contributed by atoms with Crippen LogP contribution >= 0.6 is 15.9 Å². The molecule has 0 saturated carbocycles. The van der Waals surface area contributed by atoms with E-state index >= 15 is 0 Å². The first kappa shape index (κ1) is 21.7. The molecule has 0 bridgehead atoms. The molecule has 1 aliphatic rings. The molecule has 30 heavy (non-hydrogen) atoms. The van der Waals surface area contributed by atoms with Gasteiger partial charge >= 0.3 is 5.97 Å². The number of likely N-dealkylation sites (N-methyl/N-ethyl adjacent to an activating group) is 1. The van der Waals surface area contributed by atoms with Crippen LogP contribution in [0.2, 0.25) is 0 Å². The molecule has 0 unspecified atom stereocenters. The van der Waals surface area contributed by atoms with Gasteiger partial charge in [0.15, 0.2) is 6.61 Å². The van der Waals surface area contributed by atoms with Crippen LogP contribution in [0, 0.1) is 0 Å². The number of rotatable bonds is 7. The van der Waals surface area contributed by atoms with Crippen LogP contribution < -0.4 is 0 Å². The van der Waals surface area contributed by atoms with E-state index in [9.17, 15) is 19.2 Å². The van der Waals surface area contributed by atoms with Crippen molar-refractivity contribution in [1.29, 1.82) is 0 Å². The van der Waals surface area contributed by atoms with Crippen molar-refractivity contribution >= 4 is 39.6 Å². The Balaban J connectivity index is 1.50. The molecule has 8 heteroatoms. The number of imide groups is 1. The number of ether oxygens (including phenoxy) is 1. The molecular formula is C22H21BrN2O5. The van der Waals surface area contributed by atoms with Gasteiger partial charge in [0.1, 0.15) is 0 Å². The third-order valence-corrected chi connectivity index (χ3v) is 5.58. The van der Waals surface area contributed by atoms with Gasteiger partial charge in [0.25, 0.3) is 5.91 Å². The molecule has 0 radical (unpaired) electrons. The van der Waals surface area contributed by atoms with Gasteiger partial charge in [-0.1, -0.05) is 46.3 Å². The summed E-state index contributed by atoms with van der Waals surface area (Å²) in [7, 11) is 1.64. The Morgan fingerprint density at radius 2 is 1.67 bits per heavy atom. The standard InChI is InChI=1S/C22H21BrN2O5/c1-24(13-17-4-2-3-5-18(17)23)21(28)14-30-22(29)16-8-6-15(7-9-16)12-25-19(26)10-11-20(25)27/h2-9H,10-14H2,1H3. The van der Waals surface area contributed by atoms with Crippen LogP contribution in [-0.4, -0.2) is 47.1 Å². The molecule has 3 rings (SSSR count). The molecular weight excluding hydrogens is 452 g/mol. The molecule has 1 heterocycles. The number of hydrogen-bond acceptors (Lipinski definition) is 5. The van der Waals surface area contributed by atoms with Crippen molar-refractivity contribution in [2.45, 2.75) is 25.9 Å². The van der Waals surface area contributed by atoms with Gasteiger partial charge in [0.2, 0.25) is 11.8 Å². The number of benzene rings is 2. The largest absolute Gasteiger partial charge is 0.452 e. The topological polar surface area (TPSA) is 84.0 Å². The van der Waals surface area contributed by atoms with Crippen LogP contribution in [0.1, 0.15) is 34.3 Å². The van der Waals surface area contributed by atoms with Gasteiger partial charge < -0.3 is 9.64 Å². The van der Waals surface area contributed by atoms with Crippen LogP contribution in [0.25, 0.3) is 0 Å². The molecule has 0 aromatic heterocycles. The summed E-state index contributed by atoms with van der Waals surface area (Å²) in [6.07, 6.45) is 0.486. The minimum Gasteiger partial charge on any atom is -0.452 e. The highest BCUT2D eigenvalue weighted by Gasteiger charge is 2.28. The predicted molar refractivity (Wildman–Crippen MR) is 112 cm³/mol. The lowest BCUT2D eigenvalue weighted by Crippen LogP contribution is -2.31. The van der Waals surface area contributed by atoms with Crippen molar-refractivity contribution in [3.63, 3.8) is 0 Å². The van der Waals surface area contributed by atoms with Gasteiger partial charge in [0.05, 0.1) is 12.1 Å². The summed E-state index contributed by atoms with van der Waals surface area (Å²) in [6.45, 7) is 0.212. The van der Waals surface area contributed by atoms with E-state index in [2.05, 4.69) is 15.9 Å². The summed E-state index contributed by atoms with van der Waals surface area (Å²) >= 11 is 3.44. The maximum Gasteiger partial charge on any atom is 0.338 e. The molecule has 0 spiro atoms. The molecule has 0 aliphatic carbocycles. The molecule has 1 saturated heterocycles. The maximum absolute atomic E-state index is 12.3. The number of halogens is 1. The first-order valence-electron chi connectivity index (χ1n) is 9.42. The van der Waals surface area contributed by atoms with Crippen LogP contribution in [0.3, 0.4) is 0 Å². The molecule has 0 atom stereocenters. The van der Waals surface area contributed by atoms with Gasteiger partial charge in [-0.15, -0.1) is 0 Å². The Bertz CT molecular complexity index is 958. The number of carbonyl (C=O) groups excluding carboxylic acids is 4. The van der Waals surface area contributed by atoms with Gasteiger partial charge in [-0.05, 0) is 29.3 Å². The average molecular weight is 473 g/mol. The summed E-state index contributed by atoms with van der Waals surface area (Å²) in [5, 5.41) is 0. The first-order valence-corrected chi connectivity index (χ1v) is 10.2. The zero-order chi connectivity index (χ0) is 21.7. The summed E-state index contributed by atoms with van der Waals surface area (Å²) in [6, 6.07) is 14.0. The van der Waals surface area contributed by atoms with E-state index in [1.807, 2.05) is 24.3 Å². The van der Waals surface area contributed by atoms with E-state index in [1.54, 1.807) is 31.3 Å². The van der Waals surface area contributed by atoms with Gasteiger partial charge in [0, 0.05) is 30.9 Å². The Kier molecular flexibility index (Phi) is 6.99. The second-order valence-corrected chi connectivity index (χ2v) is 7.84. The van der Waals surface area contributed by atoms with Crippen molar-refractivity contribution in [2.75, 3.05) is 13.7 Å². The fourth-order valence-electron chi connectivity index (χ4n) is 3.02. The highest BCUT2D eigenvalue weighted by molar-refractivity contribution is 9.10. The monoisotopic (exact) mass is 472 g/mol. The molecule has 2 aromatic carbocycles. The van der Waals surface area contributed by atoms with Gasteiger partial charge in [-0.2, -0.15) is 0 Å². The van der Waals surface area contributed by atoms with Gasteiger partial charge in [-0.3, -0.25) is 19.3 Å². The number of nitrogens with zero attached hydrogens (tertiary/aromatic N) is 2. The second kappa shape index (κ2) is 9.67. The van der Waals surface area contributed by atoms with Crippen LogP contribution in [0.15, 0.2) is 53.0 Å². The first-order chi connectivity index (χ1) is 14.3. The van der Waals surface area contributed by atoms with E-state index in [4.69, 9.17) is 4.74 Å². The highest BCUT2D eigenvalue weighted by Crippen LogP contribution is 2.18. The van der Waals surface area contributed by atoms with Crippen molar-refractivity contribution in [3.05, 3.63) is 69.7 Å². The zero-order valence-corrected chi connectivity index (χ0v) is 18.1. The van der Waals surface area contributed by atoms with Crippen LogP contribution in [0.4, 0.5) is 0 Å². The Morgan fingerprint density at radius 3 is 2.30 bits per heavy atom. The molecule has 3 amide bonds. The van der Waals surface area contributed by atoms with Crippen molar-refractivity contribution < 1.29 is 23.9 Å². The Hall–Kier alpha value is -3.00. The third kappa shape index (κ3) is 5.33. The van der Waals surface area contributed by atoms with E-state index in [1.165, 1.54) is 9.80 Å². The molecule has 7 nitrogen and oxygen atoms in total. The minimum atomic E-state index is -0.613. The van der Waals surface area contributed by atoms with E-state index in [0.717, 1.165) is 15.6 Å². The Labute approximate surface area is 182 Å². The van der Waals surface area contributed by atoms with Crippen molar-refractivity contribution in [1.82, 2.24) is 9.80 Å². The molecule has 1 aliphatic heterocycles. The Morgan fingerprint density at radius 1 is 1.03 bits per heavy atom. The fourth-order valence-corrected chi connectivity index (χ4v) is 3.43. The van der Waals surface area contributed by atoms with Crippen LogP contribution in [0.5, 0.6) is 0 Å². The van der Waals surface area contributed by atoms with Crippen molar-refractivity contribution in [2.24, 2.45) is 0 Å².